The topological polar surface area (TPSA) is 78.9 Å². The Kier molecular flexibility index (Phi) is 7.26. The van der Waals surface area contributed by atoms with Gasteiger partial charge in [-0.1, -0.05) is 6.08 Å². The van der Waals surface area contributed by atoms with E-state index in [1.165, 1.54) is 0 Å². The Morgan fingerprint density at radius 3 is 1.89 bits per heavy atom. The third kappa shape index (κ3) is 5.30. The van der Waals surface area contributed by atoms with E-state index >= 15 is 0 Å². The van der Waals surface area contributed by atoms with Gasteiger partial charge in [-0.15, -0.1) is 6.58 Å². The Morgan fingerprint density at radius 1 is 1.16 bits per heavy atom. The molecule has 0 amide bonds. The van der Waals surface area contributed by atoms with Gasteiger partial charge in [0.2, 0.25) is 0 Å². The highest BCUT2D eigenvalue weighted by molar-refractivity contribution is 7.90. The summed E-state index contributed by atoms with van der Waals surface area (Å²) in [5.74, 6) is 0. The lowest BCUT2D eigenvalue weighted by Gasteiger charge is -2.25. The molecule has 0 aromatic carbocycles. The summed E-state index contributed by atoms with van der Waals surface area (Å²) in [6.45, 7) is 10.2. The van der Waals surface area contributed by atoms with E-state index < -0.39 is 27.1 Å². The van der Waals surface area contributed by atoms with Gasteiger partial charge in [0.1, 0.15) is 0 Å². The molecular formula is C11H21O6PSi. The van der Waals surface area contributed by atoms with E-state index in [-0.39, 0.29) is 13.2 Å². The smallest absolute Gasteiger partial charge is 0.404 e. The molecule has 0 saturated carbocycles. The zero-order chi connectivity index (χ0) is 15.1. The summed E-state index contributed by atoms with van der Waals surface area (Å²) in [7, 11) is -6.80. The van der Waals surface area contributed by atoms with E-state index in [1.807, 2.05) is 0 Å². The van der Waals surface area contributed by atoms with Crippen molar-refractivity contribution in [2.75, 3.05) is 13.2 Å². The number of allylic oxidation sites excluding steroid dienone is 1. The molecule has 0 fully saturated rings. The maximum atomic E-state index is 12.5. The largest absolute Gasteiger partial charge is 0.458 e. The molecule has 0 aromatic heterocycles. The molecule has 0 saturated heterocycles. The SMILES string of the molecule is C=CC[Si](C)(C)OP(=O)(C(=O)OCC)C(=O)OCC. The molecule has 0 unspecified atom stereocenters. The molecule has 0 spiro atoms. The Balaban J connectivity index is 5.28. The maximum Gasteiger partial charge on any atom is 0.404 e. The highest BCUT2D eigenvalue weighted by atomic mass is 31.2. The molecule has 19 heavy (non-hydrogen) atoms. The van der Waals surface area contributed by atoms with Crippen molar-refractivity contribution in [1.82, 2.24) is 0 Å². The van der Waals surface area contributed by atoms with Crippen molar-refractivity contribution in [3.63, 3.8) is 0 Å². The molecule has 0 bridgehead atoms. The van der Waals surface area contributed by atoms with Gasteiger partial charge in [-0.05, 0) is 33.0 Å². The molecule has 0 aromatic rings. The first-order valence-electron chi connectivity index (χ1n) is 5.99. The molecule has 0 radical (unpaired) electrons. The molecule has 0 aliphatic carbocycles. The zero-order valence-corrected chi connectivity index (χ0v) is 13.7. The van der Waals surface area contributed by atoms with Crippen LogP contribution in [0.1, 0.15) is 13.8 Å². The lowest BCUT2D eigenvalue weighted by Crippen LogP contribution is -2.31. The second-order valence-corrected chi connectivity index (χ2v) is 10.8. The minimum Gasteiger partial charge on any atom is -0.458 e. The maximum absolute atomic E-state index is 12.5. The molecule has 0 heterocycles. The van der Waals surface area contributed by atoms with Gasteiger partial charge in [0, 0.05) is 0 Å². The average molecular weight is 308 g/mol. The number of carbonyl (C=O) groups is 2. The van der Waals surface area contributed by atoms with Crippen LogP contribution in [0, 0.1) is 0 Å². The highest BCUT2D eigenvalue weighted by Crippen LogP contribution is 2.53. The lowest BCUT2D eigenvalue weighted by molar-refractivity contribution is 0.164. The zero-order valence-electron chi connectivity index (χ0n) is 11.8. The van der Waals surface area contributed by atoms with Crippen LogP contribution in [0.5, 0.6) is 0 Å². The molecule has 0 rings (SSSR count). The predicted molar refractivity (Wildman–Crippen MR) is 75.2 cm³/mol. The minimum absolute atomic E-state index is 0.00896. The van der Waals surface area contributed by atoms with Crippen molar-refractivity contribution in [1.29, 1.82) is 0 Å². The van der Waals surface area contributed by atoms with Crippen molar-refractivity contribution >= 4 is 27.1 Å². The van der Waals surface area contributed by atoms with Crippen molar-refractivity contribution < 1.29 is 27.8 Å². The Morgan fingerprint density at radius 2 is 1.58 bits per heavy atom. The summed E-state index contributed by atoms with van der Waals surface area (Å²) in [6.07, 6.45) is 1.60. The number of rotatable bonds is 8. The van der Waals surface area contributed by atoms with Gasteiger partial charge >= 0.3 is 18.8 Å². The van der Waals surface area contributed by atoms with Gasteiger partial charge in [0.25, 0.3) is 0 Å². The van der Waals surface area contributed by atoms with Crippen LogP contribution in [0.3, 0.4) is 0 Å². The first-order chi connectivity index (χ1) is 8.73. The van der Waals surface area contributed by atoms with E-state index in [0.29, 0.717) is 6.04 Å². The van der Waals surface area contributed by atoms with Gasteiger partial charge < -0.3 is 13.7 Å². The van der Waals surface area contributed by atoms with E-state index in [9.17, 15) is 14.2 Å². The molecule has 0 N–H and O–H groups in total. The van der Waals surface area contributed by atoms with E-state index in [0.717, 1.165) is 0 Å². The molecule has 110 valence electrons. The normalized spacial score (nSPS) is 11.8. The van der Waals surface area contributed by atoms with Crippen LogP contribution in [-0.2, 0) is 18.3 Å². The second-order valence-electron chi connectivity index (χ2n) is 4.29. The van der Waals surface area contributed by atoms with Crippen molar-refractivity contribution in [3.8, 4) is 0 Å². The number of hydrogen-bond acceptors (Lipinski definition) is 6. The standard InChI is InChI=1S/C11H21O6PSi/c1-6-9-19(4,5)17-18(14,10(12)15-7-2)11(13)16-8-3/h6H,1,7-9H2,2-5H3. The predicted octanol–water partition coefficient (Wildman–Crippen LogP) is 3.99. The number of carbonyl (C=O) groups excluding carboxylic acids is 2. The van der Waals surface area contributed by atoms with Crippen LogP contribution in [0.4, 0.5) is 9.59 Å². The van der Waals surface area contributed by atoms with Crippen LogP contribution < -0.4 is 0 Å². The Hall–Kier alpha value is -0.913. The lowest BCUT2D eigenvalue weighted by atomic mass is 10.8. The third-order valence-electron chi connectivity index (χ3n) is 2.03. The molecule has 8 heteroatoms. The van der Waals surface area contributed by atoms with Gasteiger partial charge in [0.05, 0.1) is 13.2 Å². The monoisotopic (exact) mass is 308 g/mol. The van der Waals surface area contributed by atoms with Gasteiger partial charge in [-0.25, -0.2) is 9.59 Å². The average Bonchev–Trinajstić information content (AvgIpc) is 2.28. The number of ether oxygens (including phenoxy) is 2. The first-order valence-corrected chi connectivity index (χ1v) is 10.7. The third-order valence-corrected chi connectivity index (χ3v) is 7.52. The van der Waals surface area contributed by atoms with E-state index in [4.69, 9.17) is 4.21 Å². The number of hydrogen-bond donors (Lipinski definition) is 0. The Labute approximate surface area is 114 Å². The summed E-state index contributed by atoms with van der Waals surface area (Å²) in [5, 5.41) is 0. The van der Waals surface area contributed by atoms with Crippen molar-refractivity contribution in [3.05, 3.63) is 12.7 Å². The molecule has 0 atom stereocenters. The van der Waals surface area contributed by atoms with Crippen molar-refractivity contribution in [2.45, 2.75) is 33.0 Å². The van der Waals surface area contributed by atoms with Gasteiger partial charge in [0.15, 0.2) is 8.32 Å². The Bertz CT molecular complexity index is 371. The molecule has 6 nitrogen and oxygen atoms in total. The van der Waals surface area contributed by atoms with Crippen LogP contribution in [0.25, 0.3) is 0 Å². The molecular weight excluding hydrogens is 287 g/mol. The fourth-order valence-electron chi connectivity index (χ4n) is 1.30. The minimum atomic E-state index is -4.29. The molecule has 0 aliphatic rings. The summed E-state index contributed by atoms with van der Waals surface area (Å²) in [6, 6.07) is 0.454. The molecule has 0 aliphatic heterocycles. The summed E-state index contributed by atoms with van der Waals surface area (Å²) < 4.78 is 27.2. The quantitative estimate of drug-likeness (QED) is 0.383. The summed E-state index contributed by atoms with van der Waals surface area (Å²) in [5.41, 5.74) is -2.31. The van der Waals surface area contributed by atoms with Crippen LogP contribution in [0.15, 0.2) is 12.7 Å². The highest BCUT2D eigenvalue weighted by Gasteiger charge is 2.49. The summed E-state index contributed by atoms with van der Waals surface area (Å²) >= 11 is 0. The fourth-order valence-corrected chi connectivity index (χ4v) is 6.42. The van der Waals surface area contributed by atoms with E-state index in [2.05, 4.69) is 16.1 Å². The van der Waals surface area contributed by atoms with Crippen molar-refractivity contribution in [2.24, 2.45) is 0 Å². The summed E-state index contributed by atoms with van der Waals surface area (Å²) in [4.78, 5) is 23.5. The first kappa shape index (κ1) is 18.1. The van der Waals surface area contributed by atoms with Gasteiger partial charge in [-0.3, -0.25) is 4.57 Å². The van der Waals surface area contributed by atoms with Crippen LogP contribution in [0.2, 0.25) is 19.1 Å². The van der Waals surface area contributed by atoms with Gasteiger partial charge in [-0.2, -0.15) is 0 Å². The second kappa shape index (κ2) is 7.62. The van der Waals surface area contributed by atoms with Crippen LogP contribution >= 0.6 is 7.37 Å². The van der Waals surface area contributed by atoms with Crippen LogP contribution in [-0.4, -0.2) is 33.0 Å². The van der Waals surface area contributed by atoms with E-state index in [1.54, 1.807) is 33.0 Å². The fraction of sp³-hybridized carbons (Fsp3) is 0.636.